The van der Waals surface area contributed by atoms with E-state index in [1.165, 1.54) is 0 Å². The zero-order chi connectivity index (χ0) is 27.4. The molecule has 1 aliphatic heterocycles. The van der Waals surface area contributed by atoms with E-state index in [-0.39, 0.29) is 11.5 Å². The van der Waals surface area contributed by atoms with E-state index in [0.29, 0.717) is 6.04 Å². The summed E-state index contributed by atoms with van der Waals surface area (Å²) in [4.78, 5) is 16.3. The van der Waals surface area contributed by atoms with Gasteiger partial charge >= 0.3 is 6.09 Å². The van der Waals surface area contributed by atoms with Gasteiger partial charge in [-0.05, 0) is 83.6 Å². The molecule has 0 unspecified atom stereocenters. The van der Waals surface area contributed by atoms with Gasteiger partial charge in [-0.15, -0.1) is 0 Å². The second-order valence-electron chi connectivity index (χ2n) is 10.8. The van der Waals surface area contributed by atoms with E-state index in [2.05, 4.69) is 62.4 Å². The van der Waals surface area contributed by atoms with Gasteiger partial charge in [0.1, 0.15) is 11.3 Å². The number of hydrogen-bond acceptors (Lipinski definition) is 5. The number of carbonyl (C=O) groups is 1. The van der Waals surface area contributed by atoms with Gasteiger partial charge in [-0.2, -0.15) is 10.2 Å². The highest BCUT2D eigenvalue weighted by Crippen LogP contribution is 2.55. The smallest absolute Gasteiger partial charge is 0.410 e. The highest BCUT2D eigenvalue weighted by molar-refractivity contribution is 9.10. The molecule has 0 atom stereocenters. The molecule has 2 aromatic rings. The Morgan fingerprint density at radius 1 is 1.14 bits per heavy atom. The van der Waals surface area contributed by atoms with E-state index in [1.807, 2.05) is 60.3 Å². The molecule has 2 fully saturated rings. The fourth-order valence-corrected chi connectivity index (χ4v) is 5.27. The Balaban J connectivity index is 0.00000109. The van der Waals surface area contributed by atoms with E-state index in [4.69, 9.17) is 9.84 Å². The van der Waals surface area contributed by atoms with Crippen molar-refractivity contribution in [2.24, 2.45) is 5.41 Å². The zero-order valence-electron chi connectivity index (χ0n) is 24.3. The second kappa shape index (κ2) is 12.1. The van der Waals surface area contributed by atoms with Crippen LogP contribution in [0.25, 0.3) is 11.4 Å². The third-order valence-corrected chi connectivity index (χ3v) is 7.32. The van der Waals surface area contributed by atoms with Crippen molar-refractivity contribution in [2.45, 2.75) is 93.3 Å². The lowest BCUT2D eigenvalue weighted by molar-refractivity contribution is -0.0930. The van der Waals surface area contributed by atoms with Gasteiger partial charge in [-0.1, -0.05) is 27.7 Å². The number of halogens is 1. The molecule has 0 N–H and O–H groups in total. The molecule has 1 amide bonds. The minimum absolute atomic E-state index is 0.201. The number of aromatic nitrogens is 4. The molecule has 0 aromatic carbocycles. The quantitative estimate of drug-likeness (QED) is 0.424. The molecule has 2 aliphatic rings. The Labute approximate surface area is 226 Å². The number of likely N-dealkylation sites (tertiary alicyclic amines) is 1. The maximum atomic E-state index is 12.3. The number of carbonyl (C=O) groups excluding carboxylic acids is 1. The van der Waals surface area contributed by atoms with Crippen molar-refractivity contribution < 1.29 is 9.53 Å². The van der Waals surface area contributed by atoms with Gasteiger partial charge in [0.05, 0.1) is 34.1 Å². The first kappa shape index (κ1) is 30.4. The molecule has 1 aliphatic carbocycles. The predicted octanol–water partition coefficient (Wildman–Crippen LogP) is 6.31. The number of rotatable bonds is 5. The van der Waals surface area contributed by atoms with Crippen LogP contribution in [0.3, 0.4) is 0 Å². The van der Waals surface area contributed by atoms with Crippen LogP contribution in [0.15, 0.2) is 10.5 Å². The van der Waals surface area contributed by atoms with Crippen molar-refractivity contribution in [1.29, 1.82) is 0 Å². The Morgan fingerprint density at radius 3 is 2.25 bits per heavy atom. The summed E-state index contributed by atoms with van der Waals surface area (Å²) in [6, 6.07) is 2.47. The normalized spacial score (nSPS) is 16.5. The van der Waals surface area contributed by atoms with Gasteiger partial charge < -0.3 is 14.5 Å². The van der Waals surface area contributed by atoms with E-state index >= 15 is 0 Å². The van der Waals surface area contributed by atoms with E-state index in [0.717, 1.165) is 66.3 Å². The van der Waals surface area contributed by atoms with Crippen molar-refractivity contribution in [3.05, 3.63) is 21.9 Å². The van der Waals surface area contributed by atoms with E-state index < -0.39 is 5.60 Å². The molecular formula is C27H47BrN6O2. The topological polar surface area (TPSA) is 68.4 Å². The van der Waals surface area contributed by atoms with Gasteiger partial charge in [0.2, 0.25) is 0 Å². The molecule has 204 valence electrons. The Hall–Kier alpha value is -1.87. The minimum Gasteiger partial charge on any atom is -0.444 e. The van der Waals surface area contributed by atoms with Gasteiger partial charge in [0.25, 0.3) is 0 Å². The second-order valence-corrected chi connectivity index (χ2v) is 11.6. The number of ether oxygens (including phenoxy) is 1. The fraction of sp³-hybridized carbons (Fsp3) is 0.741. The molecule has 1 spiro atoms. The largest absolute Gasteiger partial charge is 0.444 e. The van der Waals surface area contributed by atoms with Crippen LogP contribution in [0, 0.1) is 19.3 Å². The van der Waals surface area contributed by atoms with Crippen LogP contribution in [0.1, 0.15) is 78.7 Å². The van der Waals surface area contributed by atoms with Crippen LogP contribution < -0.4 is 0 Å². The van der Waals surface area contributed by atoms with Gasteiger partial charge in [0.15, 0.2) is 0 Å². The Kier molecular flexibility index (Phi) is 10.2. The Morgan fingerprint density at radius 2 is 1.72 bits per heavy atom. The zero-order valence-corrected chi connectivity index (χ0v) is 25.9. The van der Waals surface area contributed by atoms with Gasteiger partial charge in [-0.25, -0.2) is 4.79 Å². The molecule has 1 saturated heterocycles. The summed E-state index contributed by atoms with van der Waals surface area (Å²) in [5.74, 6) is 0. The van der Waals surface area contributed by atoms with Crippen molar-refractivity contribution in [2.75, 3.05) is 33.7 Å². The van der Waals surface area contributed by atoms with Crippen LogP contribution in [0.5, 0.6) is 0 Å². The first-order valence-electron chi connectivity index (χ1n) is 13.3. The summed E-state index contributed by atoms with van der Waals surface area (Å²) in [6.07, 6.45) is 1.88. The summed E-state index contributed by atoms with van der Waals surface area (Å²) < 4.78 is 10.8. The Bertz CT molecular complexity index is 1010. The molecule has 36 heavy (non-hydrogen) atoms. The van der Waals surface area contributed by atoms with E-state index in [9.17, 15) is 4.79 Å². The number of likely N-dealkylation sites (N-methyl/N-ethyl adjacent to an activating group) is 1. The highest BCUT2D eigenvalue weighted by Gasteiger charge is 2.55. The van der Waals surface area contributed by atoms with Crippen molar-refractivity contribution in [3.8, 4) is 11.4 Å². The van der Waals surface area contributed by atoms with Crippen LogP contribution in [-0.4, -0.2) is 74.8 Å². The standard InChI is InChI=1S/C23H35BrN6O2.2C2H6/c1-15-10-18(29(25-15)9-8-27(6)7)20-19(24)16(2)30(26-20)17-11-23(12-17)13-28(14-23)21(31)32-22(3,4)5;2*1-2/h10,17H,8-9,11-14H2,1-7H3;2*1-2H3. The molecule has 2 aromatic heterocycles. The third kappa shape index (κ3) is 6.71. The highest BCUT2D eigenvalue weighted by atomic mass is 79.9. The third-order valence-electron chi connectivity index (χ3n) is 6.37. The van der Waals surface area contributed by atoms with Gasteiger partial charge in [-0.3, -0.25) is 9.36 Å². The molecule has 3 heterocycles. The summed E-state index contributed by atoms with van der Waals surface area (Å²) in [7, 11) is 4.14. The van der Waals surface area contributed by atoms with Gasteiger partial charge in [0, 0.05) is 25.0 Å². The number of aryl methyl sites for hydroxylation is 1. The van der Waals surface area contributed by atoms with Crippen molar-refractivity contribution in [3.63, 3.8) is 0 Å². The summed E-state index contributed by atoms with van der Waals surface area (Å²) in [5, 5.41) is 9.70. The summed E-state index contributed by atoms with van der Waals surface area (Å²) in [6.45, 7) is 21.2. The molecule has 1 saturated carbocycles. The number of amides is 1. The maximum Gasteiger partial charge on any atom is 0.410 e. The summed E-state index contributed by atoms with van der Waals surface area (Å²) >= 11 is 3.79. The maximum absolute atomic E-state index is 12.3. The predicted molar refractivity (Wildman–Crippen MR) is 150 cm³/mol. The van der Waals surface area contributed by atoms with Crippen LogP contribution in [0.4, 0.5) is 4.79 Å². The fourth-order valence-electron chi connectivity index (χ4n) is 4.81. The monoisotopic (exact) mass is 566 g/mol. The lowest BCUT2D eigenvalue weighted by Crippen LogP contribution is -2.64. The van der Waals surface area contributed by atoms with E-state index in [1.54, 1.807) is 0 Å². The van der Waals surface area contributed by atoms with Crippen molar-refractivity contribution >= 4 is 22.0 Å². The molecular weight excluding hydrogens is 520 g/mol. The van der Waals surface area contributed by atoms with Crippen LogP contribution in [-0.2, 0) is 11.3 Å². The molecule has 4 rings (SSSR count). The SMILES string of the molecule is CC.CC.Cc1cc(-c2nn(C3CC4(C3)CN(C(=O)OC(C)(C)C)C4)c(C)c2Br)n(CCN(C)C)n1. The molecule has 0 radical (unpaired) electrons. The lowest BCUT2D eigenvalue weighted by Gasteiger charge is -2.58. The summed E-state index contributed by atoms with van der Waals surface area (Å²) in [5.41, 5.74) is 3.90. The first-order chi connectivity index (χ1) is 16.9. The molecule has 0 bridgehead atoms. The van der Waals surface area contributed by atoms with Crippen LogP contribution in [0.2, 0.25) is 0 Å². The number of hydrogen-bond donors (Lipinski definition) is 0. The lowest BCUT2D eigenvalue weighted by atomic mass is 9.61. The van der Waals surface area contributed by atoms with Crippen LogP contribution >= 0.6 is 15.9 Å². The number of nitrogens with zero attached hydrogens (tertiary/aromatic N) is 6. The first-order valence-corrected chi connectivity index (χ1v) is 14.1. The molecule has 9 heteroatoms. The average Bonchev–Trinajstić information content (AvgIpc) is 3.26. The van der Waals surface area contributed by atoms with Crippen molar-refractivity contribution in [1.82, 2.24) is 29.4 Å². The molecule has 8 nitrogen and oxygen atoms in total. The minimum atomic E-state index is -0.450. The average molecular weight is 568 g/mol.